The summed E-state index contributed by atoms with van der Waals surface area (Å²) in [5, 5.41) is 10.1. The number of aliphatic carboxylic acids is 1. The molecule has 3 unspecified atom stereocenters. The molecule has 4 rings (SSSR count). The number of hydrogen-bond donors (Lipinski definition) is 2. The number of unbranched alkanes of at least 4 members (excludes halogenated alkanes) is 1. The minimum atomic E-state index is -0.882. The second kappa shape index (κ2) is 13.3. The van der Waals surface area contributed by atoms with Gasteiger partial charge < -0.3 is 15.7 Å². The van der Waals surface area contributed by atoms with Crippen LogP contribution in [-0.2, 0) is 14.4 Å². The number of rotatable bonds is 8. The molecule has 7 nitrogen and oxygen atoms in total. The Bertz CT molecular complexity index is 1300. The van der Waals surface area contributed by atoms with Crippen LogP contribution in [0.1, 0.15) is 49.4 Å². The monoisotopic (exact) mass is 676 g/mol. The predicted molar refractivity (Wildman–Crippen MR) is 158 cm³/mol. The van der Waals surface area contributed by atoms with Crippen molar-refractivity contribution in [3.8, 4) is 0 Å². The molecule has 0 spiro atoms. The zero-order chi connectivity index (χ0) is 26.9. The average Bonchev–Trinajstić information content (AvgIpc) is 2.82. The Morgan fingerprint density at radius 2 is 1.71 bits per heavy atom. The number of carboxylic acid groups (broad SMARTS) is 1. The normalized spacial score (nSPS) is 20.3. The number of halogens is 3. The summed E-state index contributed by atoms with van der Waals surface area (Å²) in [7, 11) is 0. The van der Waals surface area contributed by atoms with E-state index in [9.17, 15) is 14.4 Å². The van der Waals surface area contributed by atoms with E-state index in [0.717, 1.165) is 9.14 Å². The van der Waals surface area contributed by atoms with Crippen molar-refractivity contribution in [2.45, 2.75) is 44.3 Å². The van der Waals surface area contributed by atoms with Gasteiger partial charge in [0.1, 0.15) is 12.1 Å². The number of nitrogen functional groups attached to an aromatic ring is 1. The summed E-state index contributed by atoms with van der Waals surface area (Å²) in [6.45, 7) is 2.23. The fourth-order valence-electron chi connectivity index (χ4n) is 4.98. The van der Waals surface area contributed by atoms with E-state index in [2.05, 4.69) is 22.6 Å². The molecule has 0 bridgehead atoms. The van der Waals surface area contributed by atoms with Crippen molar-refractivity contribution in [3.63, 3.8) is 0 Å². The second-order valence-electron chi connectivity index (χ2n) is 9.09. The number of carbonyl (C=O) groups is 3. The van der Waals surface area contributed by atoms with Crippen LogP contribution < -0.4 is 5.73 Å². The van der Waals surface area contributed by atoms with Gasteiger partial charge in [-0.05, 0) is 89.9 Å². The van der Waals surface area contributed by atoms with Crippen LogP contribution >= 0.6 is 45.8 Å². The van der Waals surface area contributed by atoms with Gasteiger partial charge in [-0.1, -0.05) is 41.4 Å². The first-order valence-electron chi connectivity index (χ1n) is 11.8. The third-order valence-corrected chi connectivity index (χ3v) is 7.79. The first-order valence-corrected chi connectivity index (χ1v) is 13.7. The van der Waals surface area contributed by atoms with Crippen molar-refractivity contribution in [3.05, 3.63) is 85.1 Å². The van der Waals surface area contributed by atoms with Crippen LogP contribution in [0.4, 0.5) is 5.69 Å². The Morgan fingerprint density at radius 1 is 1.05 bits per heavy atom. The number of nitrogens with two attached hydrogens (primary N) is 1. The molecule has 0 saturated carbocycles. The van der Waals surface area contributed by atoms with E-state index in [4.69, 9.17) is 34.0 Å². The molecule has 1 aliphatic heterocycles. The molecule has 38 heavy (non-hydrogen) atoms. The molecule has 1 radical (unpaired) electrons. The van der Waals surface area contributed by atoms with Crippen molar-refractivity contribution in [1.29, 1.82) is 0 Å². The summed E-state index contributed by atoms with van der Waals surface area (Å²) in [5.74, 6) is -1.21. The van der Waals surface area contributed by atoms with Crippen molar-refractivity contribution < 1.29 is 19.5 Å². The molecule has 2 aliphatic rings. The molecule has 2 aromatic carbocycles. The summed E-state index contributed by atoms with van der Waals surface area (Å²) in [6.07, 6.45) is 4.36. The maximum Gasteiger partial charge on any atom is 0.303 e. The van der Waals surface area contributed by atoms with Crippen LogP contribution in [0.25, 0.3) is 0 Å². The van der Waals surface area contributed by atoms with Crippen molar-refractivity contribution in [2.24, 2.45) is 0 Å². The zero-order valence-corrected chi connectivity index (χ0v) is 26.7. The smallest absolute Gasteiger partial charge is 0.303 e. The molecule has 1 fully saturated rings. The fourth-order valence-corrected chi connectivity index (χ4v) is 5.91. The Labute approximate surface area is 267 Å². The summed E-state index contributed by atoms with van der Waals surface area (Å²) < 4.78 is 0.723. The third kappa shape index (κ3) is 6.66. The number of carbonyl (C=O) groups excluding carboxylic acids is 2. The number of carboxylic acids is 1. The van der Waals surface area contributed by atoms with Gasteiger partial charge in [0, 0.05) is 73.6 Å². The summed E-state index contributed by atoms with van der Waals surface area (Å²) in [5.41, 5.74) is 8.84. The Morgan fingerprint density at radius 3 is 2.34 bits per heavy atom. The van der Waals surface area contributed by atoms with Gasteiger partial charge in [0.25, 0.3) is 0 Å². The van der Waals surface area contributed by atoms with Gasteiger partial charge in [-0.2, -0.15) is 0 Å². The van der Waals surface area contributed by atoms with Gasteiger partial charge >= 0.3 is 5.97 Å². The number of nitrogens with zero attached hydrogens (tertiary/aromatic N) is 2. The van der Waals surface area contributed by atoms with Crippen molar-refractivity contribution in [1.82, 2.24) is 9.80 Å². The number of anilines is 1. The van der Waals surface area contributed by atoms with Gasteiger partial charge in [-0.15, -0.1) is 0 Å². The van der Waals surface area contributed by atoms with Crippen LogP contribution in [0.15, 0.2) is 63.9 Å². The van der Waals surface area contributed by atoms with E-state index in [0.29, 0.717) is 46.4 Å². The van der Waals surface area contributed by atoms with Crippen LogP contribution in [-0.4, -0.2) is 74.7 Å². The second-order valence-corrected chi connectivity index (χ2v) is 11.2. The van der Waals surface area contributed by atoms with E-state index in [1.165, 1.54) is 0 Å². The first-order chi connectivity index (χ1) is 17.6. The number of allylic oxidation sites excluding steroid dienone is 2. The van der Waals surface area contributed by atoms with Crippen molar-refractivity contribution in [2.75, 3.05) is 12.3 Å². The Hall–Kier alpha value is -1.40. The van der Waals surface area contributed by atoms with E-state index in [-0.39, 0.29) is 47.7 Å². The number of ketones is 1. The molecular weight excluding hydrogens is 651 g/mol. The van der Waals surface area contributed by atoms with Gasteiger partial charge in [-0.25, -0.2) is 0 Å². The van der Waals surface area contributed by atoms with Crippen LogP contribution in [0.5, 0.6) is 0 Å². The van der Waals surface area contributed by atoms with E-state index < -0.39 is 24.1 Å². The molecule has 1 heterocycles. The number of amides is 1. The molecule has 11 heteroatoms. The summed E-state index contributed by atoms with van der Waals surface area (Å²) >= 11 is 14.4. The number of piperazine rings is 1. The number of hydrogen-bond acceptors (Lipinski definition) is 5. The summed E-state index contributed by atoms with van der Waals surface area (Å²) in [6, 6.07) is 10.3. The zero-order valence-electron chi connectivity index (χ0n) is 21.0. The van der Waals surface area contributed by atoms with E-state index in [1.54, 1.807) is 47.4 Å². The molecule has 3 N–H and O–H groups in total. The Balaban J connectivity index is 0.00000400. The van der Waals surface area contributed by atoms with Crippen LogP contribution in [0.2, 0.25) is 10.0 Å². The SMILES string of the molecule is CC(c1ccc(Cl)cc1N)N1C2C(=O)C=C(I)C=C2N(CCCCC(=O)O)C(=O)C1c1ccc(Cl)cc1.[Na]. The third-order valence-electron chi connectivity index (χ3n) is 6.68. The van der Waals surface area contributed by atoms with Gasteiger partial charge in [0.2, 0.25) is 5.91 Å². The Kier molecular flexibility index (Phi) is 10.9. The van der Waals surface area contributed by atoms with Crippen LogP contribution in [0, 0.1) is 0 Å². The molecular formula is C27H26Cl2IN3NaO4. The quantitative estimate of drug-likeness (QED) is 0.165. The molecule has 1 saturated heterocycles. The maximum absolute atomic E-state index is 14.2. The molecule has 1 amide bonds. The number of benzene rings is 2. The summed E-state index contributed by atoms with van der Waals surface area (Å²) in [4.78, 5) is 42.3. The molecule has 2 aromatic rings. The largest absolute Gasteiger partial charge is 0.481 e. The van der Waals surface area contributed by atoms with E-state index >= 15 is 0 Å². The predicted octanol–water partition coefficient (Wildman–Crippen LogP) is 5.55. The number of fused-ring (bicyclic) bond motifs is 1. The van der Waals surface area contributed by atoms with Crippen LogP contribution in [0.3, 0.4) is 0 Å². The molecule has 195 valence electrons. The van der Waals surface area contributed by atoms with Gasteiger partial charge in [-0.3, -0.25) is 19.3 Å². The standard InChI is InChI=1S/C27H26Cl2IN3O4.Na/c1-15(20-10-9-18(29)12-21(20)31)33-25(16-5-7-17(28)8-6-16)27(37)32(11-3-2-4-24(35)36)22-13-19(30)14-23(34)26(22)33;/h5-10,12-15,25-26H,2-4,11,31H2,1H3,(H,35,36);. The topological polar surface area (TPSA) is 104 Å². The first kappa shape index (κ1) is 31.1. The average molecular weight is 677 g/mol. The molecule has 0 aromatic heterocycles. The minimum absolute atomic E-state index is 0. The minimum Gasteiger partial charge on any atom is -0.481 e. The maximum atomic E-state index is 14.2. The van der Waals surface area contributed by atoms with E-state index in [1.807, 2.05) is 24.0 Å². The van der Waals surface area contributed by atoms with Gasteiger partial charge in [0.05, 0.1) is 0 Å². The molecule has 1 aliphatic carbocycles. The molecule has 3 atom stereocenters. The van der Waals surface area contributed by atoms with Gasteiger partial charge in [0.15, 0.2) is 5.78 Å². The fraction of sp³-hybridized carbons (Fsp3) is 0.296. The van der Waals surface area contributed by atoms with Crippen molar-refractivity contribution >= 4 is 98.7 Å².